The van der Waals surface area contributed by atoms with Crippen molar-refractivity contribution in [3.05, 3.63) is 0 Å². The minimum absolute atomic E-state index is 0.0307. The molecule has 0 spiro atoms. The summed E-state index contributed by atoms with van der Waals surface area (Å²) in [5.41, 5.74) is 5.78. The zero-order chi connectivity index (χ0) is 13.8. The van der Waals surface area contributed by atoms with Gasteiger partial charge in [-0.15, -0.1) is 0 Å². The summed E-state index contributed by atoms with van der Waals surface area (Å²) in [6, 6.07) is -0.451. The second-order valence-corrected chi connectivity index (χ2v) is 5.96. The summed E-state index contributed by atoms with van der Waals surface area (Å²) in [4.78, 5) is 14.0. The van der Waals surface area contributed by atoms with Crippen LogP contribution in [0.15, 0.2) is 0 Å². The summed E-state index contributed by atoms with van der Waals surface area (Å²) in [5, 5.41) is 8.69. The lowest BCUT2D eigenvalue weighted by atomic mass is 9.86. The van der Waals surface area contributed by atoms with E-state index in [1.54, 1.807) is 0 Å². The van der Waals surface area contributed by atoms with Crippen molar-refractivity contribution in [1.29, 1.82) is 0 Å². The number of piperidine rings is 1. The topological polar surface area (TPSA) is 75.8 Å². The van der Waals surface area contributed by atoms with E-state index >= 15 is 0 Å². The quantitative estimate of drug-likeness (QED) is 0.763. The largest absolute Gasteiger partial charge is 0.394 e. The number of nitrogens with zero attached hydrogens (tertiary/aromatic N) is 1. The van der Waals surface area contributed by atoms with Crippen LogP contribution in [0, 0.1) is 5.41 Å². The van der Waals surface area contributed by atoms with Crippen LogP contribution < -0.4 is 5.73 Å². The second kappa shape index (κ2) is 6.50. The van der Waals surface area contributed by atoms with Gasteiger partial charge in [-0.1, -0.05) is 20.8 Å². The Kier molecular flexibility index (Phi) is 5.56. The molecule has 1 atom stereocenters. The molecule has 0 aromatic rings. The number of ether oxygens (including phenoxy) is 1. The molecule has 1 fully saturated rings. The molecular weight excluding hydrogens is 232 g/mol. The van der Waals surface area contributed by atoms with E-state index < -0.39 is 6.04 Å². The van der Waals surface area contributed by atoms with Gasteiger partial charge in [0.15, 0.2) is 0 Å². The van der Waals surface area contributed by atoms with Crippen LogP contribution in [0.5, 0.6) is 0 Å². The van der Waals surface area contributed by atoms with Gasteiger partial charge in [-0.05, 0) is 18.3 Å². The van der Waals surface area contributed by atoms with Crippen molar-refractivity contribution in [2.24, 2.45) is 11.1 Å². The third-order valence-electron chi connectivity index (χ3n) is 3.40. The summed E-state index contributed by atoms with van der Waals surface area (Å²) in [5.74, 6) is 0.0307. The van der Waals surface area contributed by atoms with Gasteiger partial charge in [0.05, 0.1) is 25.4 Å². The fourth-order valence-electron chi connectivity index (χ4n) is 2.03. The molecule has 0 aromatic heterocycles. The maximum atomic E-state index is 12.2. The third-order valence-corrected chi connectivity index (χ3v) is 3.40. The highest BCUT2D eigenvalue weighted by Crippen LogP contribution is 2.21. The summed E-state index contributed by atoms with van der Waals surface area (Å²) in [7, 11) is 0. The summed E-state index contributed by atoms with van der Waals surface area (Å²) in [6.45, 7) is 7.75. The first-order chi connectivity index (χ1) is 8.36. The summed E-state index contributed by atoms with van der Waals surface area (Å²) < 4.78 is 5.47. The van der Waals surface area contributed by atoms with Gasteiger partial charge in [-0.2, -0.15) is 0 Å². The van der Waals surface area contributed by atoms with E-state index in [9.17, 15) is 4.79 Å². The van der Waals surface area contributed by atoms with Crippen molar-refractivity contribution in [3.63, 3.8) is 0 Å². The Labute approximate surface area is 109 Å². The minimum Gasteiger partial charge on any atom is -0.394 e. The average Bonchev–Trinajstić information content (AvgIpc) is 2.34. The van der Waals surface area contributed by atoms with E-state index in [2.05, 4.69) is 0 Å². The highest BCUT2D eigenvalue weighted by atomic mass is 16.5. The standard InChI is InChI=1S/C13H26N2O3/c1-13(2,3)11(14)12(17)15-6-4-10(5-7-15)18-9-8-16/h10-11,16H,4-9,14H2,1-3H3. The lowest BCUT2D eigenvalue weighted by Crippen LogP contribution is -2.53. The predicted molar refractivity (Wildman–Crippen MR) is 70.1 cm³/mol. The third kappa shape index (κ3) is 4.23. The van der Waals surface area contributed by atoms with Crippen LogP contribution in [-0.4, -0.2) is 54.4 Å². The van der Waals surface area contributed by atoms with Gasteiger partial charge in [-0.25, -0.2) is 0 Å². The number of hydrogen-bond donors (Lipinski definition) is 2. The number of rotatable bonds is 4. The van der Waals surface area contributed by atoms with Gasteiger partial charge >= 0.3 is 0 Å². The molecule has 1 amide bonds. The molecule has 1 saturated heterocycles. The molecular formula is C13H26N2O3. The van der Waals surface area contributed by atoms with Crippen LogP contribution in [0.2, 0.25) is 0 Å². The first-order valence-corrected chi connectivity index (χ1v) is 6.63. The maximum absolute atomic E-state index is 12.2. The highest BCUT2D eigenvalue weighted by molar-refractivity contribution is 5.82. The normalized spacial score (nSPS) is 19.9. The van der Waals surface area contributed by atoms with Crippen molar-refractivity contribution in [2.45, 2.75) is 45.8 Å². The molecule has 0 radical (unpaired) electrons. The number of likely N-dealkylation sites (tertiary alicyclic amines) is 1. The molecule has 0 aliphatic carbocycles. The molecule has 0 aromatic carbocycles. The van der Waals surface area contributed by atoms with Gasteiger partial charge in [0.2, 0.25) is 5.91 Å². The number of carbonyl (C=O) groups excluding carboxylic acids is 1. The Morgan fingerprint density at radius 1 is 1.44 bits per heavy atom. The van der Waals surface area contributed by atoms with Crippen LogP contribution in [0.1, 0.15) is 33.6 Å². The lowest BCUT2D eigenvalue weighted by molar-refractivity contribution is -0.137. The zero-order valence-corrected chi connectivity index (χ0v) is 11.7. The van der Waals surface area contributed by atoms with Crippen molar-refractivity contribution in [2.75, 3.05) is 26.3 Å². The van der Waals surface area contributed by atoms with Gasteiger partial charge in [0.1, 0.15) is 0 Å². The zero-order valence-electron chi connectivity index (χ0n) is 11.7. The van der Waals surface area contributed by atoms with Crippen molar-refractivity contribution >= 4 is 5.91 Å². The number of aliphatic hydroxyl groups excluding tert-OH is 1. The van der Waals surface area contributed by atoms with Crippen molar-refractivity contribution in [1.82, 2.24) is 4.90 Å². The fourth-order valence-corrected chi connectivity index (χ4v) is 2.03. The molecule has 3 N–H and O–H groups in total. The van der Waals surface area contributed by atoms with E-state index in [1.165, 1.54) is 0 Å². The SMILES string of the molecule is CC(C)(C)C(N)C(=O)N1CCC(OCCO)CC1. The molecule has 1 aliphatic rings. The molecule has 1 heterocycles. The van der Waals surface area contributed by atoms with E-state index in [0.717, 1.165) is 12.8 Å². The van der Waals surface area contributed by atoms with E-state index in [0.29, 0.717) is 19.7 Å². The number of amides is 1. The fraction of sp³-hybridized carbons (Fsp3) is 0.923. The van der Waals surface area contributed by atoms with Crippen LogP contribution in [0.25, 0.3) is 0 Å². The van der Waals surface area contributed by atoms with Crippen molar-refractivity contribution in [3.8, 4) is 0 Å². The van der Waals surface area contributed by atoms with Gasteiger partial charge in [-0.3, -0.25) is 4.79 Å². The molecule has 106 valence electrons. The van der Waals surface area contributed by atoms with E-state index in [-0.39, 0.29) is 24.0 Å². The van der Waals surface area contributed by atoms with Gasteiger partial charge in [0.25, 0.3) is 0 Å². The van der Waals surface area contributed by atoms with Crippen LogP contribution in [0.4, 0.5) is 0 Å². The molecule has 0 bridgehead atoms. The minimum atomic E-state index is -0.451. The number of hydrogen-bond acceptors (Lipinski definition) is 4. The van der Waals surface area contributed by atoms with Crippen LogP contribution in [0.3, 0.4) is 0 Å². The summed E-state index contributed by atoms with van der Waals surface area (Å²) >= 11 is 0. The molecule has 0 saturated carbocycles. The Morgan fingerprint density at radius 3 is 2.44 bits per heavy atom. The Morgan fingerprint density at radius 2 is 2.00 bits per heavy atom. The van der Waals surface area contributed by atoms with Gasteiger partial charge in [0, 0.05) is 13.1 Å². The first-order valence-electron chi connectivity index (χ1n) is 6.63. The number of nitrogens with two attached hydrogens (primary N) is 1. The van der Waals surface area contributed by atoms with Crippen molar-refractivity contribution < 1.29 is 14.6 Å². The smallest absolute Gasteiger partial charge is 0.240 e. The first kappa shape index (κ1) is 15.4. The van der Waals surface area contributed by atoms with E-state index in [1.807, 2.05) is 25.7 Å². The molecule has 5 heteroatoms. The Balaban J connectivity index is 2.41. The Hall–Kier alpha value is -0.650. The van der Waals surface area contributed by atoms with Crippen LogP contribution in [-0.2, 0) is 9.53 Å². The molecule has 18 heavy (non-hydrogen) atoms. The van der Waals surface area contributed by atoms with Crippen LogP contribution >= 0.6 is 0 Å². The number of aliphatic hydroxyl groups is 1. The monoisotopic (exact) mass is 258 g/mol. The number of carbonyl (C=O) groups is 1. The Bertz CT molecular complexity index is 268. The van der Waals surface area contributed by atoms with E-state index in [4.69, 9.17) is 15.6 Å². The highest BCUT2D eigenvalue weighted by Gasteiger charge is 2.32. The molecule has 1 unspecified atom stereocenters. The van der Waals surface area contributed by atoms with Gasteiger partial charge < -0.3 is 20.5 Å². The average molecular weight is 258 g/mol. The lowest BCUT2D eigenvalue weighted by Gasteiger charge is -2.36. The molecule has 5 nitrogen and oxygen atoms in total. The molecule has 1 rings (SSSR count). The predicted octanol–water partition coefficient (Wildman–Crippen LogP) is 0.360. The molecule has 1 aliphatic heterocycles. The summed E-state index contributed by atoms with van der Waals surface area (Å²) in [6.07, 6.45) is 1.80. The maximum Gasteiger partial charge on any atom is 0.240 e. The second-order valence-electron chi connectivity index (χ2n) is 5.96.